The van der Waals surface area contributed by atoms with Crippen molar-refractivity contribution in [2.75, 3.05) is 26.7 Å². The number of halogens is 1. The third kappa shape index (κ3) is 5.85. The molecule has 35 heavy (non-hydrogen) atoms. The molecular weight excluding hydrogens is 445 g/mol. The number of methoxy groups -OCH3 is 1. The number of likely N-dealkylation sites (tertiary alicyclic amines) is 1. The van der Waals surface area contributed by atoms with Gasteiger partial charge in [-0.05, 0) is 74.2 Å². The maximum absolute atomic E-state index is 13.2. The van der Waals surface area contributed by atoms with Gasteiger partial charge in [-0.15, -0.1) is 0 Å². The van der Waals surface area contributed by atoms with E-state index in [1.807, 2.05) is 43.3 Å². The highest BCUT2D eigenvalue weighted by atomic mass is 19.1. The van der Waals surface area contributed by atoms with Crippen LogP contribution in [0.1, 0.15) is 56.4 Å². The van der Waals surface area contributed by atoms with Crippen molar-refractivity contribution >= 4 is 11.8 Å². The van der Waals surface area contributed by atoms with E-state index in [2.05, 4.69) is 5.32 Å². The maximum Gasteiger partial charge on any atom is 0.253 e. The van der Waals surface area contributed by atoms with Crippen molar-refractivity contribution in [2.24, 2.45) is 0 Å². The van der Waals surface area contributed by atoms with Crippen molar-refractivity contribution in [1.29, 1.82) is 0 Å². The summed E-state index contributed by atoms with van der Waals surface area (Å²) in [4.78, 5) is 32.4. The standard InChI is InChI=1S/C28H30FN3O3/c1-19-7-12-24(27(33)30-16-13-20-5-3-4-6-25(20)35-2)26(31-19)21-14-17-32(18-15-21)28(34)22-8-10-23(29)11-9-22/h3-12,21H,13-18H2,1-2H3,(H,30,33). The normalized spacial score (nSPS) is 14.0. The number of hydrogen-bond donors (Lipinski definition) is 1. The molecule has 1 N–H and O–H groups in total. The number of benzene rings is 2. The summed E-state index contributed by atoms with van der Waals surface area (Å²) >= 11 is 0. The Labute approximate surface area is 205 Å². The number of nitrogens with one attached hydrogen (secondary N) is 1. The Balaban J connectivity index is 1.40. The number of rotatable bonds is 7. The van der Waals surface area contributed by atoms with Gasteiger partial charge in [0.05, 0.1) is 18.4 Å². The monoisotopic (exact) mass is 475 g/mol. The smallest absolute Gasteiger partial charge is 0.253 e. The summed E-state index contributed by atoms with van der Waals surface area (Å²) in [6.45, 7) is 3.52. The molecule has 1 fully saturated rings. The predicted molar refractivity (Wildman–Crippen MR) is 132 cm³/mol. The highest BCUT2D eigenvalue weighted by Crippen LogP contribution is 2.30. The van der Waals surface area contributed by atoms with Gasteiger partial charge < -0.3 is 15.0 Å². The Morgan fingerprint density at radius 3 is 2.49 bits per heavy atom. The Hall–Kier alpha value is -3.74. The van der Waals surface area contributed by atoms with Crippen LogP contribution in [-0.4, -0.2) is 48.4 Å². The zero-order valence-electron chi connectivity index (χ0n) is 20.1. The fourth-order valence-electron chi connectivity index (χ4n) is 4.53. The minimum atomic E-state index is -0.362. The number of carbonyl (C=O) groups excluding carboxylic acids is 2. The molecule has 6 nitrogen and oxygen atoms in total. The molecule has 1 aromatic heterocycles. The fraction of sp³-hybridized carbons (Fsp3) is 0.321. The third-order valence-corrected chi connectivity index (χ3v) is 6.44. The lowest BCUT2D eigenvalue weighted by atomic mass is 9.89. The molecule has 7 heteroatoms. The molecule has 0 spiro atoms. The van der Waals surface area contributed by atoms with E-state index in [4.69, 9.17) is 9.72 Å². The van der Waals surface area contributed by atoms with Gasteiger partial charge in [0.15, 0.2) is 0 Å². The summed E-state index contributed by atoms with van der Waals surface area (Å²) in [6.07, 6.45) is 2.09. The Morgan fingerprint density at radius 1 is 1.06 bits per heavy atom. The number of nitrogens with zero attached hydrogens (tertiary/aromatic N) is 2. The van der Waals surface area contributed by atoms with Gasteiger partial charge in [0, 0.05) is 36.8 Å². The zero-order chi connectivity index (χ0) is 24.8. The topological polar surface area (TPSA) is 71.5 Å². The van der Waals surface area contributed by atoms with Crippen molar-refractivity contribution in [3.05, 3.63) is 94.6 Å². The molecule has 0 unspecified atom stereocenters. The largest absolute Gasteiger partial charge is 0.496 e. The Bertz CT molecular complexity index is 1190. The van der Waals surface area contributed by atoms with Crippen LogP contribution in [0.3, 0.4) is 0 Å². The second kappa shape index (κ2) is 11.1. The van der Waals surface area contributed by atoms with E-state index in [9.17, 15) is 14.0 Å². The summed E-state index contributed by atoms with van der Waals surface area (Å²) in [6, 6.07) is 17.1. The maximum atomic E-state index is 13.2. The molecule has 182 valence electrons. The third-order valence-electron chi connectivity index (χ3n) is 6.44. The number of aromatic nitrogens is 1. The van der Waals surface area contributed by atoms with Crippen LogP contribution < -0.4 is 10.1 Å². The number of aryl methyl sites for hydroxylation is 1. The van der Waals surface area contributed by atoms with Crippen molar-refractivity contribution in [3.63, 3.8) is 0 Å². The summed E-state index contributed by atoms with van der Waals surface area (Å²) in [5, 5.41) is 3.02. The van der Waals surface area contributed by atoms with E-state index in [-0.39, 0.29) is 23.5 Å². The number of piperidine rings is 1. The van der Waals surface area contributed by atoms with Gasteiger partial charge in [0.1, 0.15) is 11.6 Å². The summed E-state index contributed by atoms with van der Waals surface area (Å²) < 4.78 is 18.6. The van der Waals surface area contributed by atoms with Crippen LogP contribution in [0.25, 0.3) is 0 Å². The van der Waals surface area contributed by atoms with E-state index >= 15 is 0 Å². The number of carbonyl (C=O) groups is 2. The molecule has 2 heterocycles. The zero-order valence-corrected chi connectivity index (χ0v) is 20.1. The molecule has 0 bridgehead atoms. The van der Waals surface area contributed by atoms with Crippen molar-refractivity contribution < 1.29 is 18.7 Å². The van der Waals surface area contributed by atoms with Gasteiger partial charge >= 0.3 is 0 Å². The number of pyridine rings is 1. The number of ether oxygens (including phenoxy) is 1. The minimum Gasteiger partial charge on any atom is -0.496 e. The van der Waals surface area contributed by atoms with Crippen molar-refractivity contribution in [1.82, 2.24) is 15.2 Å². The lowest BCUT2D eigenvalue weighted by Crippen LogP contribution is -2.38. The lowest BCUT2D eigenvalue weighted by Gasteiger charge is -2.32. The molecule has 0 saturated carbocycles. The van der Waals surface area contributed by atoms with E-state index in [0.29, 0.717) is 50.0 Å². The lowest BCUT2D eigenvalue weighted by molar-refractivity contribution is 0.0710. The van der Waals surface area contributed by atoms with Crippen LogP contribution in [0.5, 0.6) is 5.75 Å². The van der Waals surface area contributed by atoms with Crippen LogP contribution in [0, 0.1) is 12.7 Å². The van der Waals surface area contributed by atoms with E-state index in [0.717, 1.165) is 22.7 Å². The Kier molecular flexibility index (Phi) is 7.75. The first-order valence-electron chi connectivity index (χ1n) is 11.9. The van der Waals surface area contributed by atoms with Crippen LogP contribution in [-0.2, 0) is 6.42 Å². The number of hydrogen-bond acceptors (Lipinski definition) is 4. The van der Waals surface area contributed by atoms with E-state index < -0.39 is 0 Å². The SMILES string of the molecule is COc1ccccc1CCNC(=O)c1ccc(C)nc1C1CCN(C(=O)c2ccc(F)cc2)CC1. The van der Waals surface area contributed by atoms with Gasteiger partial charge in [-0.1, -0.05) is 18.2 Å². The van der Waals surface area contributed by atoms with Crippen molar-refractivity contribution in [2.45, 2.75) is 32.1 Å². The number of para-hydroxylation sites is 1. The average molecular weight is 476 g/mol. The molecule has 0 radical (unpaired) electrons. The highest BCUT2D eigenvalue weighted by Gasteiger charge is 2.28. The molecule has 2 aromatic carbocycles. The fourth-order valence-corrected chi connectivity index (χ4v) is 4.53. The minimum absolute atomic E-state index is 0.0853. The molecule has 1 aliphatic heterocycles. The van der Waals surface area contributed by atoms with Gasteiger partial charge in [-0.3, -0.25) is 14.6 Å². The summed E-state index contributed by atoms with van der Waals surface area (Å²) in [5.41, 5.74) is 3.74. The van der Waals surface area contributed by atoms with Crippen LogP contribution in [0.4, 0.5) is 4.39 Å². The first kappa shape index (κ1) is 24.4. The molecule has 3 aromatic rings. The van der Waals surface area contributed by atoms with Gasteiger partial charge in [0.25, 0.3) is 11.8 Å². The molecule has 2 amide bonds. The van der Waals surface area contributed by atoms with E-state index in [1.165, 1.54) is 24.3 Å². The van der Waals surface area contributed by atoms with Gasteiger partial charge in [0.2, 0.25) is 0 Å². The molecule has 1 aliphatic rings. The number of amides is 2. The van der Waals surface area contributed by atoms with Crippen molar-refractivity contribution in [3.8, 4) is 5.75 Å². The molecular formula is C28H30FN3O3. The molecule has 4 rings (SSSR count). The highest BCUT2D eigenvalue weighted by molar-refractivity contribution is 5.96. The van der Waals surface area contributed by atoms with Crippen LogP contribution in [0.2, 0.25) is 0 Å². The summed E-state index contributed by atoms with van der Waals surface area (Å²) in [7, 11) is 1.64. The quantitative estimate of drug-likeness (QED) is 0.545. The average Bonchev–Trinajstić information content (AvgIpc) is 2.89. The molecule has 0 aliphatic carbocycles. The molecule has 1 saturated heterocycles. The van der Waals surface area contributed by atoms with Crippen LogP contribution >= 0.6 is 0 Å². The second-order valence-electron chi connectivity index (χ2n) is 8.78. The van der Waals surface area contributed by atoms with Crippen LogP contribution in [0.15, 0.2) is 60.7 Å². The first-order chi connectivity index (χ1) is 17.0. The predicted octanol–water partition coefficient (Wildman–Crippen LogP) is 4.53. The van der Waals surface area contributed by atoms with Gasteiger partial charge in [-0.25, -0.2) is 4.39 Å². The van der Waals surface area contributed by atoms with E-state index in [1.54, 1.807) is 12.0 Å². The summed E-state index contributed by atoms with van der Waals surface area (Å²) in [5.74, 6) is 0.283. The first-order valence-corrected chi connectivity index (χ1v) is 11.9. The Morgan fingerprint density at radius 2 is 1.77 bits per heavy atom. The molecule has 0 atom stereocenters. The second-order valence-corrected chi connectivity index (χ2v) is 8.78. The van der Waals surface area contributed by atoms with Gasteiger partial charge in [-0.2, -0.15) is 0 Å².